The van der Waals surface area contributed by atoms with Gasteiger partial charge in [-0.25, -0.2) is 4.79 Å². The Morgan fingerprint density at radius 3 is 2.48 bits per heavy atom. The lowest BCUT2D eigenvalue weighted by atomic mass is 10.1. The van der Waals surface area contributed by atoms with E-state index < -0.39 is 33.5 Å². The van der Waals surface area contributed by atoms with E-state index in [-0.39, 0.29) is 6.42 Å². The highest BCUT2D eigenvalue weighted by molar-refractivity contribution is 7.87. The monoisotopic (exact) mass is 348 g/mol. The highest BCUT2D eigenvalue weighted by Crippen LogP contribution is 2.29. The van der Waals surface area contributed by atoms with Gasteiger partial charge in [-0.15, -0.1) is 0 Å². The lowest BCUT2D eigenvalue weighted by Gasteiger charge is -2.20. The predicted molar refractivity (Wildman–Crippen MR) is 74.1 cm³/mol. The van der Waals surface area contributed by atoms with Crippen molar-refractivity contribution in [2.24, 2.45) is 0 Å². The second-order valence-electron chi connectivity index (χ2n) is 4.54. The van der Waals surface area contributed by atoms with Crippen LogP contribution >= 0.6 is 0 Å². The van der Waals surface area contributed by atoms with Crippen LogP contribution in [0.15, 0.2) is 48.2 Å². The van der Waals surface area contributed by atoms with E-state index in [2.05, 4.69) is 4.18 Å². The van der Waals surface area contributed by atoms with Gasteiger partial charge in [0, 0.05) is 6.42 Å². The largest absolute Gasteiger partial charge is 0.534 e. The zero-order chi connectivity index (χ0) is 17.1. The number of rotatable bonds is 4. The Morgan fingerprint density at radius 2 is 1.87 bits per heavy atom. The van der Waals surface area contributed by atoms with Crippen molar-refractivity contribution in [1.82, 2.24) is 0 Å². The molecule has 0 saturated carbocycles. The van der Waals surface area contributed by atoms with E-state index in [1.54, 1.807) is 36.4 Å². The third-order valence-corrected chi connectivity index (χ3v) is 3.75. The van der Waals surface area contributed by atoms with Crippen molar-refractivity contribution in [3.63, 3.8) is 0 Å². The van der Waals surface area contributed by atoms with E-state index in [0.717, 1.165) is 5.56 Å². The molecule has 0 radical (unpaired) electrons. The van der Waals surface area contributed by atoms with Crippen molar-refractivity contribution < 1.29 is 35.3 Å². The maximum absolute atomic E-state index is 12.3. The molecule has 0 amide bonds. The Kier molecular flexibility index (Phi) is 4.79. The number of carbonyl (C=O) groups is 1. The fourth-order valence-corrected chi connectivity index (χ4v) is 2.24. The first-order valence-corrected chi connectivity index (χ1v) is 7.73. The molecule has 0 bridgehead atoms. The molecule has 0 aliphatic carbocycles. The summed E-state index contributed by atoms with van der Waals surface area (Å²) in [5.41, 5.74) is -4.78. The van der Waals surface area contributed by atoms with Crippen molar-refractivity contribution in [1.29, 1.82) is 0 Å². The van der Waals surface area contributed by atoms with Crippen LogP contribution in [0.3, 0.4) is 0 Å². The Bertz CT molecular complexity index is 735. The van der Waals surface area contributed by atoms with Crippen LogP contribution in [0.1, 0.15) is 12.0 Å². The van der Waals surface area contributed by atoms with Gasteiger partial charge in [-0.2, -0.15) is 21.6 Å². The van der Waals surface area contributed by atoms with Gasteiger partial charge in [-0.1, -0.05) is 36.4 Å². The number of ether oxygens (including phenoxy) is 1. The summed E-state index contributed by atoms with van der Waals surface area (Å²) in [6.45, 7) is 0. The first-order valence-electron chi connectivity index (χ1n) is 6.32. The summed E-state index contributed by atoms with van der Waals surface area (Å²) in [6.07, 6.45) is 2.37. The molecule has 1 aromatic carbocycles. The summed E-state index contributed by atoms with van der Waals surface area (Å²) in [6, 6.07) is 8.88. The molecule has 1 heterocycles. The molecule has 5 nitrogen and oxygen atoms in total. The van der Waals surface area contributed by atoms with E-state index >= 15 is 0 Å². The summed E-state index contributed by atoms with van der Waals surface area (Å²) in [5, 5.41) is 0. The molecule has 1 aromatic rings. The molecule has 9 heteroatoms. The van der Waals surface area contributed by atoms with Gasteiger partial charge in [0.05, 0.1) is 6.08 Å². The van der Waals surface area contributed by atoms with Gasteiger partial charge in [0.1, 0.15) is 11.9 Å². The molecule has 0 saturated heterocycles. The minimum absolute atomic E-state index is 0.315. The lowest BCUT2D eigenvalue weighted by molar-refractivity contribution is -0.142. The van der Waals surface area contributed by atoms with Crippen LogP contribution in [0, 0.1) is 0 Å². The Morgan fingerprint density at radius 1 is 1.22 bits per heavy atom. The smallest absolute Gasteiger partial charge is 0.454 e. The van der Waals surface area contributed by atoms with Crippen molar-refractivity contribution in [2.75, 3.05) is 0 Å². The SMILES string of the molecule is O=C1C=C(OS(=O)(=O)C(F)(F)F)CC(/C=C/c2ccccc2)O1. The highest BCUT2D eigenvalue weighted by Gasteiger charge is 2.49. The van der Waals surface area contributed by atoms with Crippen molar-refractivity contribution in [3.8, 4) is 0 Å². The number of cyclic esters (lactones) is 1. The fraction of sp³-hybridized carbons (Fsp3) is 0.214. The van der Waals surface area contributed by atoms with Gasteiger partial charge in [0.2, 0.25) is 0 Å². The van der Waals surface area contributed by atoms with Crippen LogP contribution in [0.2, 0.25) is 0 Å². The lowest BCUT2D eigenvalue weighted by Crippen LogP contribution is -2.28. The van der Waals surface area contributed by atoms with E-state index in [9.17, 15) is 26.4 Å². The first kappa shape index (κ1) is 17.1. The van der Waals surface area contributed by atoms with Crippen molar-refractivity contribution in [2.45, 2.75) is 18.0 Å². The summed E-state index contributed by atoms with van der Waals surface area (Å²) in [4.78, 5) is 11.3. The van der Waals surface area contributed by atoms with Crippen LogP contribution in [0.4, 0.5) is 13.2 Å². The summed E-state index contributed by atoms with van der Waals surface area (Å²) in [7, 11) is -5.81. The normalized spacial score (nSPS) is 19.3. The quantitative estimate of drug-likeness (QED) is 0.475. The van der Waals surface area contributed by atoms with Gasteiger partial charge in [0.15, 0.2) is 0 Å². The molecule has 1 aliphatic heterocycles. The maximum atomic E-state index is 12.3. The van der Waals surface area contributed by atoms with Crippen molar-refractivity contribution >= 4 is 22.2 Å². The molecule has 23 heavy (non-hydrogen) atoms. The number of benzene rings is 1. The molecule has 0 fully saturated rings. The molecular formula is C14H11F3O5S. The first-order chi connectivity index (χ1) is 10.7. The zero-order valence-electron chi connectivity index (χ0n) is 11.5. The predicted octanol–water partition coefficient (Wildman–Crippen LogP) is 2.77. The number of halogens is 3. The van der Waals surface area contributed by atoms with Crippen LogP contribution in [-0.2, 0) is 23.8 Å². The minimum atomic E-state index is -5.81. The van der Waals surface area contributed by atoms with Gasteiger partial charge >= 0.3 is 21.6 Å². The molecule has 2 rings (SSSR count). The van der Waals surface area contributed by atoms with E-state index in [1.165, 1.54) is 6.08 Å². The summed E-state index contributed by atoms with van der Waals surface area (Å²) >= 11 is 0. The third-order valence-electron chi connectivity index (χ3n) is 2.75. The fourth-order valence-electron chi connectivity index (χ4n) is 1.75. The third kappa shape index (κ3) is 4.59. The number of esters is 1. The standard InChI is InChI=1S/C14H11F3O5S/c15-14(16,17)23(19,20)22-12-8-11(21-13(18)9-12)7-6-10-4-2-1-3-5-10/h1-7,9,11H,8H2/b7-6+. The summed E-state index contributed by atoms with van der Waals surface area (Å²) < 4.78 is 67.6. The number of hydrogen-bond donors (Lipinski definition) is 0. The number of carbonyl (C=O) groups excluding carboxylic acids is 1. The van der Waals surface area contributed by atoms with Crippen molar-refractivity contribution in [3.05, 3.63) is 53.8 Å². The van der Waals surface area contributed by atoms with Gasteiger partial charge < -0.3 is 8.92 Å². The maximum Gasteiger partial charge on any atom is 0.534 e. The van der Waals surface area contributed by atoms with E-state index in [4.69, 9.17) is 4.74 Å². The van der Waals surface area contributed by atoms with Crippen LogP contribution in [0.5, 0.6) is 0 Å². The minimum Gasteiger partial charge on any atom is -0.454 e. The van der Waals surface area contributed by atoms with Gasteiger partial charge in [-0.3, -0.25) is 0 Å². The molecule has 0 spiro atoms. The number of hydrogen-bond acceptors (Lipinski definition) is 5. The zero-order valence-corrected chi connectivity index (χ0v) is 12.3. The van der Waals surface area contributed by atoms with E-state index in [1.807, 2.05) is 0 Å². The Labute approximate surface area is 130 Å². The molecule has 1 unspecified atom stereocenters. The average molecular weight is 348 g/mol. The Hall–Kier alpha value is -2.29. The van der Waals surface area contributed by atoms with Crippen LogP contribution in [-0.4, -0.2) is 26.0 Å². The second kappa shape index (κ2) is 6.45. The van der Waals surface area contributed by atoms with Crippen LogP contribution < -0.4 is 0 Å². The molecule has 1 atom stereocenters. The topological polar surface area (TPSA) is 69.7 Å². The molecule has 1 aliphatic rings. The molecule has 0 aromatic heterocycles. The highest BCUT2D eigenvalue weighted by atomic mass is 32.2. The number of alkyl halides is 3. The van der Waals surface area contributed by atoms with Gasteiger partial charge in [0.25, 0.3) is 0 Å². The van der Waals surface area contributed by atoms with Crippen LogP contribution in [0.25, 0.3) is 6.08 Å². The second-order valence-corrected chi connectivity index (χ2v) is 6.08. The Balaban J connectivity index is 2.10. The molecule has 124 valence electrons. The van der Waals surface area contributed by atoms with Gasteiger partial charge in [-0.05, 0) is 11.6 Å². The average Bonchev–Trinajstić information content (AvgIpc) is 2.44. The molecule has 0 N–H and O–H groups in total. The summed E-state index contributed by atoms with van der Waals surface area (Å²) in [5.74, 6) is -1.60. The van der Waals surface area contributed by atoms with E-state index in [0.29, 0.717) is 6.08 Å². The molecular weight excluding hydrogens is 337 g/mol.